The first-order valence-electron chi connectivity index (χ1n) is 6.19. The first-order chi connectivity index (χ1) is 8.63. The Hall–Kier alpha value is -1.55. The summed E-state index contributed by atoms with van der Waals surface area (Å²) in [6.07, 6.45) is 0.188. The number of ether oxygens (including phenoxy) is 1. The number of fused-ring (bicyclic) bond motifs is 1. The van der Waals surface area contributed by atoms with Crippen molar-refractivity contribution in [2.24, 2.45) is 0 Å². The number of anilines is 1. The van der Waals surface area contributed by atoms with Crippen LogP contribution in [0.5, 0.6) is 0 Å². The molecule has 0 aromatic heterocycles. The molecule has 0 aliphatic carbocycles. The van der Waals surface area contributed by atoms with E-state index in [9.17, 15) is 4.79 Å². The molecule has 0 amide bonds. The van der Waals surface area contributed by atoms with E-state index in [4.69, 9.17) is 9.84 Å². The van der Waals surface area contributed by atoms with E-state index in [1.807, 2.05) is 18.2 Å². The summed E-state index contributed by atoms with van der Waals surface area (Å²) in [5, 5.41) is 8.98. The zero-order valence-corrected chi connectivity index (χ0v) is 10.8. The number of hydrogen-bond acceptors (Lipinski definition) is 3. The minimum absolute atomic E-state index is 0.0815. The Morgan fingerprint density at radius 2 is 2.28 bits per heavy atom. The van der Waals surface area contributed by atoms with E-state index in [-0.39, 0.29) is 18.4 Å². The molecule has 1 N–H and O–H groups in total. The molecule has 1 aliphatic rings. The maximum absolute atomic E-state index is 10.9. The highest BCUT2D eigenvalue weighted by Crippen LogP contribution is 2.38. The number of aliphatic carboxylic acids is 1. The van der Waals surface area contributed by atoms with Crippen LogP contribution < -0.4 is 4.90 Å². The lowest BCUT2D eigenvalue weighted by molar-refractivity contribution is -0.137. The summed E-state index contributed by atoms with van der Waals surface area (Å²) in [6, 6.07) is 8.31. The third-order valence-electron chi connectivity index (χ3n) is 3.46. The molecular weight excluding hydrogens is 230 g/mol. The second kappa shape index (κ2) is 5.40. The van der Waals surface area contributed by atoms with Gasteiger partial charge in [0.05, 0.1) is 13.0 Å². The highest BCUT2D eigenvalue weighted by atomic mass is 16.5. The van der Waals surface area contributed by atoms with Crippen LogP contribution in [0.3, 0.4) is 0 Å². The number of benzene rings is 1. The molecule has 0 radical (unpaired) electrons. The summed E-state index contributed by atoms with van der Waals surface area (Å²) in [4.78, 5) is 13.2. The van der Waals surface area contributed by atoms with Gasteiger partial charge in [0.25, 0.3) is 0 Å². The summed E-state index contributed by atoms with van der Waals surface area (Å²) in [5.74, 6) is -0.658. The molecule has 4 heteroatoms. The Balaban J connectivity index is 2.24. The van der Waals surface area contributed by atoms with Crippen molar-refractivity contribution in [3.05, 3.63) is 29.8 Å². The quantitative estimate of drug-likeness (QED) is 0.868. The van der Waals surface area contributed by atoms with Crippen molar-refractivity contribution in [3.63, 3.8) is 0 Å². The van der Waals surface area contributed by atoms with Gasteiger partial charge in [-0.25, -0.2) is 0 Å². The number of carboxylic acids is 1. The van der Waals surface area contributed by atoms with Crippen molar-refractivity contribution in [3.8, 4) is 0 Å². The molecule has 0 saturated heterocycles. The molecule has 0 bridgehead atoms. The molecule has 18 heavy (non-hydrogen) atoms. The molecule has 0 spiro atoms. The average molecular weight is 249 g/mol. The van der Waals surface area contributed by atoms with Gasteiger partial charge < -0.3 is 14.7 Å². The summed E-state index contributed by atoms with van der Waals surface area (Å²) in [5.41, 5.74) is 2.29. The van der Waals surface area contributed by atoms with E-state index < -0.39 is 5.97 Å². The number of nitrogens with zero attached hydrogens (tertiary/aromatic N) is 1. The largest absolute Gasteiger partial charge is 0.481 e. The van der Waals surface area contributed by atoms with Gasteiger partial charge in [0, 0.05) is 31.3 Å². The van der Waals surface area contributed by atoms with E-state index in [1.54, 1.807) is 7.11 Å². The standard InChI is InChI=1S/C14H19NO3/c1-10(9-18-2)15-8-11(7-14(16)17)12-5-3-4-6-13(12)15/h3-6,10-11H,7-9H2,1-2H3,(H,16,17). The van der Waals surface area contributed by atoms with Crippen LogP contribution in [-0.4, -0.2) is 37.4 Å². The number of rotatable bonds is 5. The summed E-state index contributed by atoms with van der Waals surface area (Å²) in [7, 11) is 1.69. The third kappa shape index (κ3) is 2.48. The molecule has 0 saturated carbocycles. The summed E-state index contributed by atoms with van der Waals surface area (Å²) >= 11 is 0. The van der Waals surface area contributed by atoms with Gasteiger partial charge in [-0.05, 0) is 18.6 Å². The molecule has 2 atom stereocenters. The molecule has 1 aliphatic heterocycles. The lowest BCUT2D eigenvalue weighted by Crippen LogP contribution is -2.35. The van der Waals surface area contributed by atoms with Crippen LogP contribution in [0.25, 0.3) is 0 Å². The van der Waals surface area contributed by atoms with Crippen LogP contribution in [0, 0.1) is 0 Å². The fourth-order valence-corrected chi connectivity index (χ4v) is 2.66. The van der Waals surface area contributed by atoms with E-state index >= 15 is 0 Å². The highest BCUT2D eigenvalue weighted by molar-refractivity contribution is 5.71. The fourth-order valence-electron chi connectivity index (χ4n) is 2.66. The molecular formula is C14H19NO3. The zero-order valence-electron chi connectivity index (χ0n) is 10.8. The predicted octanol–water partition coefficient (Wildman–Crippen LogP) is 2.10. The van der Waals surface area contributed by atoms with Gasteiger partial charge in [-0.3, -0.25) is 4.79 Å². The minimum atomic E-state index is -0.740. The average Bonchev–Trinajstić information content (AvgIpc) is 2.68. The van der Waals surface area contributed by atoms with Crippen LogP contribution in [0.1, 0.15) is 24.8 Å². The van der Waals surface area contributed by atoms with Gasteiger partial charge in [-0.1, -0.05) is 18.2 Å². The first-order valence-corrected chi connectivity index (χ1v) is 6.19. The van der Waals surface area contributed by atoms with Crippen molar-refractivity contribution in [1.29, 1.82) is 0 Å². The molecule has 0 fully saturated rings. The van der Waals surface area contributed by atoms with Crippen LogP contribution in [0.15, 0.2) is 24.3 Å². The monoisotopic (exact) mass is 249 g/mol. The maximum Gasteiger partial charge on any atom is 0.304 e. The zero-order chi connectivity index (χ0) is 13.1. The molecule has 2 rings (SSSR count). The maximum atomic E-state index is 10.9. The Kier molecular flexibility index (Phi) is 3.87. The second-order valence-electron chi connectivity index (χ2n) is 4.81. The lowest BCUT2D eigenvalue weighted by Gasteiger charge is -2.27. The number of methoxy groups -OCH3 is 1. The van der Waals surface area contributed by atoms with Crippen LogP contribution in [-0.2, 0) is 9.53 Å². The minimum Gasteiger partial charge on any atom is -0.481 e. The van der Waals surface area contributed by atoms with Gasteiger partial charge in [0.1, 0.15) is 0 Å². The second-order valence-corrected chi connectivity index (χ2v) is 4.81. The molecule has 2 unspecified atom stereocenters. The Morgan fingerprint density at radius 1 is 1.56 bits per heavy atom. The van der Waals surface area contributed by atoms with Gasteiger partial charge >= 0.3 is 5.97 Å². The Labute approximate surface area is 107 Å². The smallest absolute Gasteiger partial charge is 0.304 e. The van der Waals surface area contributed by atoms with Crippen molar-refractivity contribution >= 4 is 11.7 Å². The van der Waals surface area contributed by atoms with Crippen molar-refractivity contribution in [2.75, 3.05) is 25.2 Å². The van der Waals surface area contributed by atoms with Crippen molar-refractivity contribution < 1.29 is 14.6 Å². The van der Waals surface area contributed by atoms with Gasteiger partial charge in [0.2, 0.25) is 0 Å². The molecule has 1 heterocycles. The highest BCUT2D eigenvalue weighted by Gasteiger charge is 2.32. The first kappa shape index (κ1) is 12.9. The molecule has 1 aromatic carbocycles. The number of carbonyl (C=O) groups is 1. The Morgan fingerprint density at radius 3 is 2.94 bits per heavy atom. The van der Waals surface area contributed by atoms with Crippen molar-refractivity contribution in [1.82, 2.24) is 0 Å². The number of carboxylic acid groups (broad SMARTS) is 1. The van der Waals surface area contributed by atoms with Crippen LogP contribution >= 0.6 is 0 Å². The van der Waals surface area contributed by atoms with Gasteiger partial charge in [-0.2, -0.15) is 0 Å². The number of hydrogen-bond donors (Lipinski definition) is 1. The molecule has 4 nitrogen and oxygen atoms in total. The molecule has 1 aromatic rings. The SMILES string of the molecule is COCC(C)N1CC(CC(=O)O)c2ccccc21. The van der Waals surface area contributed by atoms with E-state index in [1.165, 1.54) is 0 Å². The van der Waals surface area contributed by atoms with E-state index in [2.05, 4.69) is 17.9 Å². The van der Waals surface area contributed by atoms with E-state index in [0.717, 1.165) is 17.8 Å². The molecule has 98 valence electrons. The Bertz CT molecular complexity index is 433. The number of para-hydroxylation sites is 1. The fraction of sp³-hybridized carbons (Fsp3) is 0.500. The van der Waals surface area contributed by atoms with Crippen LogP contribution in [0.2, 0.25) is 0 Å². The van der Waals surface area contributed by atoms with Gasteiger partial charge in [0.15, 0.2) is 0 Å². The normalized spacial score (nSPS) is 19.7. The topological polar surface area (TPSA) is 49.8 Å². The van der Waals surface area contributed by atoms with Gasteiger partial charge in [-0.15, -0.1) is 0 Å². The third-order valence-corrected chi connectivity index (χ3v) is 3.46. The predicted molar refractivity (Wildman–Crippen MR) is 70.1 cm³/mol. The lowest BCUT2D eigenvalue weighted by atomic mass is 9.98. The van der Waals surface area contributed by atoms with Crippen LogP contribution in [0.4, 0.5) is 5.69 Å². The van der Waals surface area contributed by atoms with E-state index in [0.29, 0.717) is 6.61 Å². The van der Waals surface area contributed by atoms with Crippen molar-refractivity contribution in [2.45, 2.75) is 25.3 Å². The summed E-state index contributed by atoms with van der Waals surface area (Å²) < 4.78 is 5.19. The summed E-state index contributed by atoms with van der Waals surface area (Å²) in [6.45, 7) is 3.51.